The Bertz CT molecular complexity index is 657. The van der Waals surface area contributed by atoms with E-state index in [2.05, 4.69) is 25.1 Å². The molecule has 0 saturated heterocycles. The van der Waals surface area contributed by atoms with Gasteiger partial charge >= 0.3 is 0 Å². The first-order valence-corrected chi connectivity index (χ1v) is 10.5. The number of aliphatic hydroxyl groups excluding tert-OH is 1. The molecular formula is C23H34O3. The molecule has 5 atom stereocenters. The molecule has 2 saturated carbocycles. The van der Waals surface area contributed by atoms with E-state index in [1.54, 1.807) is 12.7 Å². The van der Waals surface area contributed by atoms with Crippen molar-refractivity contribution in [3.63, 3.8) is 0 Å². The molecule has 0 unspecified atom stereocenters. The van der Waals surface area contributed by atoms with Crippen molar-refractivity contribution in [1.82, 2.24) is 0 Å². The van der Waals surface area contributed by atoms with Crippen molar-refractivity contribution in [2.75, 3.05) is 13.7 Å². The molecule has 0 aromatic heterocycles. The van der Waals surface area contributed by atoms with Crippen molar-refractivity contribution in [3.8, 4) is 5.75 Å². The number of hydrogen-bond acceptors (Lipinski definition) is 3. The van der Waals surface area contributed by atoms with Crippen LogP contribution in [0.2, 0.25) is 0 Å². The second-order valence-corrected chi connectivity index (χ2v) is 9.19. The fraction of sp³-hybridized carbons (Fsp3) is 0.739. The number of hydrogen-bond donors (Lipinski definition) is 2. The van der Waals surface area contributed by atoms with Crippen molar-refractivity contribution >= 4 is 0 Å². The highest BCUT2D eigenvalue weighted by Crippen LogP contribution is 2.65. The zero-order valence-electron chi connectivity index (χ0n) is 16.3. The normalized spacial score (nSPS) is 38.4. The predicted octanol–water partition coefficient (Wildman–Crippen LogP) is 4.45. The van der Waals surface area contributed by atoms with Gasteiger partial charge < -0.3 is 14.9 Å². The molecule has 1 aromatic carbocycles. The Kier molecular flexibility index (Phi) is 4.81. The number of aryl methyl sites for hydroxylation is 1. The summed E-state index contributed by atoms with van der Waals surface area (Å²) >= 11 is 0. The van der Waals surface area contributed by atoms with Crippen molar-refractivity contribution < 1.29 is 14.9 Å². The first kappa shape index (κ1) is 18.3. The molecule has 0 heterocycles. The van der Waals surface area contributed by atoms with Crippen LogP contribution < -0.4 is 4.74 Å². The quantitative estimate of drug-likeness (QED) is 0.765. The number of ether oxygens (including phenoxy) is 1. The number of rotatable bonds is 5. The van der Waals surface area contributed by atoms with Crippen LogP contribution in [0, 0.1) is 17.3 Å². The first-order valence-electron chi connectivity index (χ1n) is 10.5. The van der Waals surface area contributed by atoms with Crippen LogP contribution in [-0.4, -0.2) is 29.5 Å². The van der Waals surface area contributed by atoms with Gasteiger partial charge in [-0.2, -0.15) is 0 Å². The Labute approximate surface area is 157 Å². The molecule has 0 spiro atoms. The Morgan fingerprint density at radius 3 is 2.77 bits per heavy atom. The lowest BCUT2D eigenvalue weighted by atomic mass is 9.53. The third kappa shape index (κ3) is 2.70. The SMILES string of the molecule is COc1ccc2c(c1)CC[C@H]1[C@@H]2CC[C@@]2(C)[C@H]1CC[C@]2(O)CCCCO. The van der Waals surface area contributed by atoms with E-state index in [4.69, 9.17) is 9.84 Å². The van der Waals surface area contributed by atoms with Gasteiger partial charge in [0, 0.05) is 6.61 Å². The van der Waals surface area contributed by atoms with E-state index in [-0.39, 0.29) is 12.0 Å². The van der Waals surface area contributed by atoms with Crippen LogP contribution in [0.4, 0.5) is 0 Å². The summed E-state index contributed by atoms with van der Waals surface area (Å²) in [4.78, 5) is 0. The lowest BCUT2D eigenvalue weighted by molar-refractivity contribution is -0.108. The number of methoxy groups -OCH3 is 1. The van der Waals surface area contributed by atoms with Gasteiger partial charge in [0.25, 0.3) is 0 Å². The molecule has 4 rings (SSSR count). The molecule has 144 valence electrons. The average Bonchev–Trinajstić information content (AvgIpc) is 2.92. The van der Waals surface area contributed by atoms with Crippen molar-refractivity contribution in [3.05, 3.63) is 29.3 Å². The van der Waals surface area contributed by atoms with Gasteiger partial charge in [-0.3, -0.25) is 0 Å². The van der Waals surface area contributed by atoms with Crippen LogP contribution in [0.5, 0.6) is 5.75 Å². The first-order chi connectivity index (χ1) is 12.5. The van der Waals surface area contributed by atoms with Gasteiger partial charge in [-0.25, -0.2) is 0 Å². The number of unbranched alkanes of at least 4 members (excludes halogenated alkanes) is 1. The summed E-state index contributed by atoms with van der Waals surface area (Å²) in [7, 11) is 1.75. The Hall–Kier alpha value is -1.06. The molecule has 3 nitrogen and oxygen atoms in total. The fourth-order valence-electron chi connectivity index (χ4n) is 6.74. The molecule has 0 radical (unpaired) electrons. The van der Waals surface area contributed by atoms with E-state index in [9.17, 15) is 5.11 Å². The summed E-state index contributed by atoms with van der Waals surface area (Å²) in [5.74, 6) is 2.97. The summed E-state index contributed by atoms with van der Waals surface area (Å²) in [6.45, 7) is 2.60. The van der Waals surface area contributed by atoms with Crippen LogP contribution in [-0.2, 0) is 6.42 Å². The summed E-state index contributed by atoms with van der Waals surface area (Å²) < 4.78 is 5.42. The lowest BCUT2D eigenvalue weighted by Crippen LogP contribution is -2.50. The van der Waals surface area contributed by atoms with E-state index in [1.165, 1.54) is 24.8 Å². The number of fused-ring (bicyclic) bond motifs is 5. The van der Waals surface area contributed by atoms with Crippen molar-refractivity contribution in [2.45, 2.75) is 76.2 Å². The van der Waals surface area contributed by atoms with E-state index < -0.39 is 5.60 Å². The fourth-order valence-corrected chi connectivity index (χ4v) is 6.74. The van der Waals surface area contributed by atoms with E-state index in [0.717, 1.165) is 44.3 Å². The maximum absolute atomic E-state index is 11.5. The highest BCUT2D eigenvalue weighted by Gasteiger charge is 2.60. The summed E-state index contributed by atoms with van der Waals surface area (Å²) in [5.41, 5.74) is 2.54. The van der Waals surface area contributed by atoms with Crippen LogP contribution in [0.1, 0.15) is 75.3 Å². The zero-order valence-corrected chi connectivity index (χ0v) is 16.3. The molecule has 3 aliphatic rings. The van der Waals surface area contributed by atoms with E-state index in [0.29, 0.717) is 17.8 Å². The Balaban J connectivity index is 1.58. The summed E-state index contributed by atoms with van der Waals surface area (Å²) in [6.07, 6.45) is 9.42. The molecule has 3 aliphatic carbocycles. The van der Waals surface area contributed by atoms with E-state index >= 15 is 0 Å². The standard InChI is InChI=1S/C23H34O3/c1-22-12-9-19-18-8-6-17(26-2)15-16(18)5-7-20(19)21(22)10-13-23(22,25)11-3-4-14-24/h6,8,15,19-21,24-25H,3-5,7,9-14H2,1-2H3/t19-,20+,21+,22+,23-/m1/s1. The van der Waals surface area contributed by atoms with Gasteiger partial charge in [0.1, 0.15) is 5.75 Å². The predicted molar refractivity (Wildman–Crippen MR) is 103 cm³/mol. The second kappa shape index (κ2) is 6.83. The minimum Gasteiger partial charge on any atom is -0.497 e. The van der Waals surface area contributed by atoms with Gasteiger partial charge in [0.05, 0.1) is 12.7 Å². The van der Waals surface area contributed by atoms with Crippen molar-refractivity contribution in [2.24, 2.45) is 17.3 Å². The van der Waals surface area contributed by atoms with Gasteiger partial charge in [0.15, 0.2) is 0 Å². The molecule has 2 N–H and O–H groups in total. The average molecular weight is 359 g/mol. The lowest BCUT2D eigenvalue weighted by Gasteiger charge is -2.53. The van der Waals surface area contributed by atoms with Crippen molar-refractivity contribution in [1.29, 1.82) is 0 Å². The molecule has 0 amide bonds. The maximum atomic E-state index is 11.5. The third-order valence-electron chi connectivity index (χ3n) is 8.25. The topological polar surface area (TPSA) is 49.7 Å². The second-order valence-electron chi connectivity index (χ2n) is 9.19. The monoisotopic (exact) mass is 358 g/mol. The van der Waals surface area contributed by atoms with Crippen LogP contribution in [0.3, 0.4) is 0 Å². The van der Waals surface area contributed by atoms with Crippen LogP contribution in [0.25, 0.3) is 0 Å². The zero-order chi connectivity index (χ0) is 18.4. The van der Waals surface area contributed by atoms with Gasteiger partial charge in [-0.15, -0.1) is 0 Å². The number of benzene rings is 1. The van der Waals surface area contributed by atoms with Gasteiger partial charge in [0.2, 0.25) is 0 Å². The Morgan fingerprint density at radius 1 is 1.15 bits per heavy atom. The molecule has 3 heteroatoms. The maximum Gasteiger partial charge on any atom is 0.119 e. The molecule has 26 heavy (non-hydrogen) atoms. The van der Waals surface area contributed by atoms with Crippen LogP contribution in [0.15, 0.2) is 18.2 Å². The summed E-state index contributed by atoms with van der Waals surface area (Å²) in [5, 5.41) is 20.6. The van der Waals surface area contributed by atoms with Crippen LogP contribution >= 0.6 is 0 Å². The molecule has 1 aromatic rings. The molecule has 2 fully saturated rings. The van der Waals surface area contributed by atoms with Gasteiger partial charge in [-0.05, 0) is 104 Å². The smallest absolute Gasteiger partial charge is 0.119 e. The largest absolute Gasteiger partial charge is 0.497 e. The highest BCUT2D eigenvalue weighted by atomic mass is 16.5. The van der Waals surface area contributed by atoms with Gasteiger partial charge in [-0.1, -0.05) is 13.0 Å². The minimum atomic E-state index is -0.530. The Morgan fingerprint density at radius 2 is 2.00 bits per heavy atom. The van der Waals surface area contributed by atoms with E-state index in [1.807, 2.05) is 0 Å². The third-order valence-corrected chi connectivity index (χ3v) is 8.25. The molecular weight excluding hydrogens is 324 g/mol. The molecule has 0 aliphatic heterocycles. The summed E-state index contributed by atoms with van der Waals surface area (Å²) in [6, 6.07) is 6.66. The minimum absolute atomic E-state index is 0.0492. The molecule has 0 bridgehead atoms. The number of aliphatic hydroxyl groups is 2. The highest BCUT2D eigenvalue weighted by molar-refractivity contribution is 5.40.